The van der Waals surface area contributed by atoms with Crippen LogP contribution in [0.15, 0.2) is 48.5 Å². The van der Waals surface area contributed by atoms with Gasteiger partial charge >= 0.3 is 0 Å². The lowest BCUT2D eigenvalue weighted by Crippen LogP contribution is -2.55. The second-order valence-corrected chi connectivity index (χ2v) is 10.9. The fraction of sp³-hybridized carbons (Fsp3) is 0.480. The number of anilines is 1. The molecule has 1 heterocycles. The molecule has 2 aromatic rings. The predicted molar refractivity (Wildman–Crippen MR) is 134 cm³/mol. The third-order valence-corrected chi connectivity index (χ3v) is 7.89. The van der Waals surface area contributed by atoms with Gasteiger partial charge in [-0.1, -0.05) is 36.4 Å². The van der Waals surface area contributed by atoms with Crippen molar-refractivity contribution in [2.24, 2.45) is 0 Å². The van der Waals surface area contributed by atoms with E-state index in [2.05, 4.69) is 18.0 Å². The fourth-order valence-electron chi connectivity index (χ4n) is 4.14. The van der Waals surface area contributed by atoms with Crippen molar-refractivity contribution in [1.29, 1.82) is 0 Å². The average Bonchev–Trinajstić information content (AvgIpc) is 2.84. The molecule has 34 heavy (non-hydrogen) atoms. The monoisotopic (exact) mass is 488 g/mol. The largest absolute Gasteiger partial charge is 0.304 e. The van der Waals surface area contributed by atoms with Gasteiger partial charge in [0.1, 0.15) is 0 Å². The summed E-state index contributed by atoms with van der Waals surface area (Å²) in [5, 5.41) is 10.6. The van der Waals surface area contributed by atoms with Gasteiger partial charge in [-0.3, -0.25) is 10.0 Å². The predicted octanol–water partition coefficient (Wildman–Crippen LogP) is 2.62. The number of carbonyl (C=O) groups is 1. The number of hydrogen-bond acceptors (Lipinski definition) is 6. The zero-order chi connectivity index (χ0) is 24.6. The van der Waals surface area contributed by atoms with Crippen LogP contribution in [0.4, 0.5) is 5.69 Å². The van der Waals surface area contributed by atoms with Crippen LogP contribution < -0.4 is 9.89 Å². The molecule has 0 unspecified atom stereocenters. The number of aryl methyl sites for hydroxylation is 2. The topological polar surface area (TPSA) is 93.2 Å². The van der Waals surface area contributed by atoms with Crippen LogP contribution in [-0.4, -0.2) is 68.4 Å². The van der Waals surface area contributed by atoms with Crippen LogP contribution in [0.1, 0.15) is 36.5 Å². The number of piperazine rings is 1. The van der Waals surface area contributed by atoms with Gasteiger partial charge in [0, 0.05) is 26.2 Å². The van der Waals surface area contributed by atoms with E-state index >= 15 is 0 Å². The Morgan fingerprint density at radius 2 is 1.59 bits per heavy atom. The Bertz CT molecular complexity index is 1040. The number of likely N-dealkylation sites (N-methyl/N-ethyl adjacent to an activating group) is 1. The summed E-state index contributed by atoms with van der Waals surface area (Å²) in [7, 11) is -1.36. The Labute approximate surface area is 203 Å². The van der Waals surface area contributed by atoms with Crippen LogP contribution in [0.5, 0.6) is 0 Å². The number of hydrogen-bond donors (Lipinski definition) is 2. The summed E-state index contributed by atoms with van der Waals surface area (Å²) in [4.78, 5) is 13.5. The number of carbonyl (C=O) groups excluding carboxylic acids is 1. The first-order chi connectivity index (χ1) is 16.3. The molecule has 9 heteroatoms. The van der Waals surface area contributed by atoms with Crippen LogP contribution in [-0.2, 0) is 34.1 Å². The maximum atomic E-state index is 12.9. The molecule has 1 amide bonds. The second-order valence-electron chi connectivity index (χ2n) is 8.81. The molecule has 1 aliphatic heterocycles. The highest BCUT2D eigenvalue weighted by Gasteiger charge is 2.29. The number of amides is 1. The second kappa shape index (κ2) is 12.3. The standard InChI is InChI=1S/C25H36N4O4S/c1-3-34(32,33)29(28-17-15-27(2)16-18-28)24-10-6-9-22(19-24)8-5-4-7-21-11-13-23(14-12-21)20-25(30)26-31/h6,9-14,19,31H,3-5,7-8,15-18,20H2,1-2H3,(H,26,30). The number of nitrogens with zero attached hydrogens (tertiary/aromatic N) is 3. The number of hydroxylamine groups is 1. The highest BCUT2D eigenvalue weighted by Crippen LogP contribution is 2.24. The molecule has 0 bridgehead atoms. The Hall–Kier alpha value is -2.46. The van der Waals surface area contributed by atoms with E-state index in [1.54, 1.807) is 12.4 Å². The lowest BCUT2D eigenvalue weighted by molar-refractivity contribution is -0.128. The van der Waals surface area contributed by atoms with E-state index in [0.29, 0.717) is 18.8 Å². The summed E-state index contributed by atoms with van der Waals surface area (Å²) in [5.74, 6) is -0.361. The van der Waals surface area contributed by atoms with Crippen molar-refractivity contribution in [3.8, 4) is 0 Å². The minimum absolute atomic E-state index is 0.0625. The quantitative estimate of drug-likeness (QED) is 0.287. The Balaban J connectivity index is 1.58. The molecule has 0 saturated carbocycles. The van der Waals surface area contributed by atoms with Crippen LogP contribution in [0.2, 0.25) is 0 Å². The molecule has 3 rings (SSSR count). The number of benzene rings is 2. The van der Waals surface area contributed by atoms with E-state index in [1.165, 1.54) is 9.98 Å². The van der Waals surface area contributed by atoms with E-state index < -0.39 is 15.9 Å². The third kappa shape index (κ3) is 7.27. The fourth-order valence-corrected chi connectivity index (χ4v) is 5.33. The van der Waals surface area contributed by atoms with E-state index in [-0.39, 0.29) is 12.2 Å². The molecular formula is C25H36N4O4S. The van der Waals surface area contributed by atoms with Gasteiger partial charge in [0.25, 0.3) is 0 Å². The van der Waals surface area contributed by atoms with E-state index in [4.69, 9.17) is 5.21 Å². The van der Waals surface area contributed by atoms with Gasteiger partial charge in [-0.15, -0.1) is 0 Å². The molecule has 0 atom stereocenters. The van der Waals surface area contributed by atoms with Crippen molar-refractivity contribution in [3.63, 3.8) is 0 Å². The SMILES string of the molecule is CCS(=O)(=O)N(c1cccc(CCCCc2ccc(CC(=O)NO)cc2)c1)N1CCN(C)CC1. The Morgan fingerprint density at radius 1 is 0.971 bits per heavy atom. The van der Waals surface area contributed by atoms with Crippen molar-refractivity contribution in [2.75, 3.05) is 43.4 Å². The molecule has 1 fully saturated rings. The zero-order valence-electron chi connectivity index (χ0n) is 20.1. The minimum atomic E-state index is -3.42. The summed E-state index contributed by atoms with van der Waals surface area (Å²) < 4.78 is 27.4. The molecule has 0 radical (unpaired) electrons. The summed E-state index contributed by atoms with van der Waals surface area (Å²) in [6, 6.07) is 15.8. The highest BCUT2D eigenvalue weighted by molar-refractivity contribution is 7.92. The first kappa shape index (κ1) is 26.2. The van der Waals surface area contributed by atoms with Gasteiger partial charge in [0.15, 0.2) is 0 Å². The summed E-state index contributed by atoms with van der Waals surface area (Å²) in [6.45, 7) is 4.74. The Morgan fingerprint density at radius 3 is 2.21 bits per heavy atom. The Kier molecular flexibility index (Phi) is 9.46. The molecule has 0 spiro atoms. The number of nitrogens with one attached hydrogen (secondary N) is 1. The van der Waals surface area contributed by atoms with Gasteiger partial charge in [0.05, 0.1) is 17.9 Å². The summed E-state index contributed by atoms with van der Waals surface area (Å²) >= 11 is 0. The van der Waals surface area contributed by atoms with Crippen LogP contribution in [0, 0.1) is 0 Å². The van der Waals surface area contributed by atoms with E-state index in [0.717, 1.165) is 49.9 Å². The normalized spacial score (nSPS) is 15.3. The maximum Gasteiger partial charge on any atom is 0.248 e. The van der Waals surface area contributed by atoms with Crippen molar-refractivity contribution in [3.05, 3.63) is 65.2 Å². The van der Waals surface area contributed by atoms with Gasteiger partial charge in [0.2, 0.25) is 15.9 Å². The van der Waals surface area contributed by atoms with Crippen LogP contribution >= 0.6 is 0 Å². The number of hydrazine groups is 1. The van der Waals surface area contributed by atoms with E-state index in [9.17, 15) is 13.2 Å². The third-order valence-electron chi connectivity index (χ3n) is 6.19. The summed E-state index contributed by atoms with van der Waals surface area (Å²) in [5.41, 5.74) is 5.56. The number of unbranched alkanes of at least 4 members (excludes halogenated alkanes) is 1. The first-order valence-electron chi connectivity index (χ1n) is 11.9. The first-order valence-corrected chi connectivity index (χ1v) is 13.5. The smallest absolute Gasteiger partial charge is 0.248 e. The molecule has 0 aliphatic carbocycles. The molecule has 2 aromatic carbocycles. The number of sulfonamides is 1. The number of rotatable bonds is 11. The lowest BCUT2D eigenvalue weighted by atomic mass is 10.0. The molecule has 2 N–H and O–H groups in total. The van der Waals surface area contributed by atoms with Gasteiger partial charge in [-0.25, -0.2) is 18.9 Å². The van der Waals surface area contributed by atoms with Crippen molar-refractivity contribution in [2.45, 2.75) is 39.0 Å². The lowest BCUT2D eigenvalue weighted by Gasteiger charge is -2.40. The van der Waals surface area contributed by atoms with Crippen molar-refractivity contribution < 1.29 is 18.4 Å². The van der Waals surface area contributed by atoms with Crippen molar-refractivity contribution in [1.82, 2.24) is 15.4 Å². The maximum absolute atomic E-state index is 12.9. The molecule has 186 valence electrons. The average molecular weight is 489 g/mol. The van der Waals surface area contributed by atoms with Crippen LogP contribution in [0.25, 0.3) is 0 Å². The van der Waals surface area contributed by atoms with E-state index in [1.807, 2.05) is 47.5 Å². The minimum Gasteiger partial charge on any atom is -0.304 e. The highest BCUT2D eigenvalue weighted by atomic mass is 32.2. The zero-order valence-corrected chi connectivity index (χ0v) is 20.9. The van der Waals surface area contributed by atoms with Crippen LogP contribution in [0.3, 0.4) is 0 Å². The van der Waals surface area contributed by atoms with Crippen molar-refractivity contribution >= 4 is 21.6 Å². The molecule has 0 aromatic heterocycles. The molecule has 8 nitrogen and oxygen atoms in total. The van der Waals surface area contributed by atoms with Gasteiger partial charge in [-0.05, 0) is 68.5 Å². The molecule has 1 saturated heterocycles. The molecule has 1 aliphatic rings. The molecular weight excluding hydrogens is 452 g/mol. The summed E-state index contributed by atoms with van der Waals surface area (Å²) in [6.07, 6.45) is 3.98. The van der Waals surface area contributed by atoms with Gasteiger partial charge in [-0.2, -0.15) is 4.41 Å². The van der Waals surface area contributed by atoms with Gasteiger partial charge < -0.3 is 4.90 Å².